The molecule has 0 spiro atoms. The molecule has 2 heteroatoms. The summed E-state index contributed by atoms with van der Waals surface area (Å²) in [5.41, 5.74) is 2.87. The Kier molecular flexibility index (Phi) is 1.45. The van der Waals surface area contributed by atoms with Gasteiger partial charge in [0.1, 0.15) is 0 Å². The number of fused-ring (bicyclic) bond motifs is 3. The minimum absolute atomic E-state index is 0.240. The van der Waals surface area contributed by atoms with Gasteiger partial charge in [0, 0.05) is 23.6 Å². The van der Waals surface area contributed by atoms with Crippen molar-refractivity contribution in [2.75, 3.05) is 0 Å². The molecule has 0 fully saturated rings. The molecule has 0 radical (unpaired) electrons. The van der Waals surface area contributed by atoms with Crippen molar-refractivity contribution in [3.8, 4) is 0 Å². The van der Waals surface area contributed by atoms with Gasteiger partial charge in [-0.3, -0.25) is 9.78 Å². The number of benzene rings is 1. The van der Waals surface area contributed by atoms with E-state index in [1.165, 1.54) is 0 Å². The number of Topliss-reactive ketones (excluding diaryl/α,β-unsaturated/α-hetero) is 1. The van der Waals surface area contributed by atoms with Crippen molar-refractivity contribution >= 4 is 16.7 Å². The lowest BCUT2D eigenvalue weighted by molar-refractivity contribution is 0.0996. The molecule has 0 atom stereocenters. The molecule has 0 N–H and O–H groups in total. The molecule has 0 bridgehead atoms. The Morgan fingerprint density at radius 1 is 1.14 bits per heavy atom. The second kappa shape index (κ2) is 2.64. The molecular formula is C12H9NO. The monoisotopic (exact) mass is 183 g/mol. The maximum absolute atomic E-state index is 11.6. The van der Waals surface area contributed by atoms with Crippen molar-refractivity contribution in [2.45, 2.75) is 12.8 Å². The average Bonchev–Trinajstić information content (AvgIpc) is 2.61. The molecule has 1 aromatic heterocycles. The van der Waals surface area contributed by atoms with Gasteiger partial charge in [-0.2, -0.15) is 0 Å². The third-order valence-electron chi connectivity index (χ3n) is 2.76. The van der Waals surface area contributed by atoms with E-state index in [2.05, 4.69) is 4.98 Å². The van der Waals surface area contributed by atoms with Gasteiger partial charge >= 0.3 is 0 Å². The summed E-state index contributed by atoms with van der Waals surface area (Å²) in [5, 5.41) is 1.06. The van der Waals surface area contributed by atoms with Gasteiger partial charge < -0.3 is 0 Å². The zero-order valence-corrected chi connectivity index (χ0v) is 7.66. The molecule has 0 amide bonds. The van der Waals surface area contributed by atoms with Crippen LogP contribution < -0.4 is 0 Å². The minimum Gasteiger partial charge on any atom is -0.294 e. The van der Waals surface area contributed by atoms with E-state index < -0.39 is 0 Å². The molecule has 14 heavy (non-hydrogen) atoms. The third kappa shape index (κ3) is 0.909. The highest BCUT2D eigenvalue weighted by Gasteiger charge is 2.22. The summed E-state index contributed by atoms with van der Waals surface area (Å²) in [6.07, 6.45) is 3.26. The molecule has 68 valence electrons. The Bertz CT molecular complexity index is 531. The second-order valence-electron chi connectivity index (χ2n) is 3.60. The first-order valence-electron chi connectivity index (χ1n) is 4.76. The predicted octanol–water partition coefficient (Wildman–Crippen LogP) is 2.36. The molecule has 2 aromatic rings. The van der Waals surface area contributed by atoms with Crippen LogP contribution in [-0.4, -0.2) is 10.8 Å². The van der Waals surface area contributed by atoms with Crippen molar-refractivity contribution in [2.24, 2.45) is 0 Å². The fraction of sp³-hybridized carbons (Fsp3) is 0.167. The van der Waals surface area contributed by atoms with E-state index in [1.807, 2.05) is 24.3 Å². The summed E-state index contributed by atoms with van der Waals surface area (Å²) in [5.74, 6) is 0.240. The highest BCUT2D eigenvalue weighted by atomic mass is 16.1. The number of nitrogens with zero attached hydrogens (tertiary/aromatic N) is 1. The van der Waals surface area contributed by atoms with Crippen LogP contribution in [0.15, 0.2) is 30.5 Å². The average molecular weight is 183 g/mol. The predicted molar refractivity (Wildman–Crippen MR) is 54.4 cm³/mol. The molecule has 0 saturated carbocycles. The SMILES string of the molecule is O=C1CCc2ccc3cccnc3c21. The molecular weight excluding hydrogens is 174 g/mol. The molecule has 1 heterocycles. The Balaban J connectivity index is 2.47. The van der Waals surface area contributed by atoms with Gasteiger partial charge in [-0.15, -0.1) is 0 Å². The molecule has 1 aromatic carbocycles. The first-order valence-corrected chi connectivity index (χ1v) is 4.76. The lowest BCUT2D eigenvalue weighted by atomic mass is 10.1. The van der Waals surface area contributed by atoms with E-state index >= 15 is 0 Å². The molecule has 2 nitrogen and oxygen atoms in total. The van der Waals surface area contributed by atoms with E-state index in [1.54, 1.807) is 6.20 Å². The second-order valence-corrected chi connectivity index (χ2v) is 3.60. The Morgan fingerprint density at radius 3 is 3.00 bits per heavy atom. The van der Waals surface area contributed by atoms with Crippen molar-refractivity contribution < 1.29 is 4.79 Å². The minimum atomic E-state index is 0.240. The number of aromatic nitrogens is 1. The Labute approximate surface area is 81.6 Å². The van der Waals surface area contributed by atoms with Crippen LogP contribution in [0.3, 0.4) is 0 Å². The number of carbonyl (C=O) groups is 1. The van der Waals surface area contributed by atoms with E-state index in [0.717, 1.165) is 28.5 Å². The van der Waals surface area contributed by atoms with Gasteiger partial charge in [0.2, 0.25) is 0 Å². The highest BCUT2D eigenvalue weighted by molar-refractivity contribution is 6.10. The van der Waals surface area contributed by atoms with Crippen molar-refractivity contribution in [3.63, 3.8) is 0 Å². The molecule has 1 aliphatic rings. The molecule has 1 aliphatic carbocycles. The fourth-order valence-electron chi connectivity index (χ4n) is 2.08. The number of rotatable bonds is 0. The summed E-state index contributed by atoms with van der Waals surface area (Å²) >= 11 is 0. The first-order chi connectivity index (χ1) is 6.86. The molecule has 0 unspecified atom stereocenters. The van der Waals surface area contributed by atoms with Gasteiger partial charge in [0.25, 0.3) is 0 Å². The van der Waals surface area contributed by atoms with Gasteiger partial charge in [0.15, 0.2) is 5.78 Å². The smallest absolute Gasteiger partial charge is 0.165 e. The van der Waals surface area contributed by atoms with Crippen molar-refractivity contribution in [1.29, 1.82) is 0 Å². The van der Waals surface area contributed by atoms with E-state index in [9.17, 15) is 4.79 Å². The lowest BCUT2D eigenvalue weighted by Gasteiger charge is -2.01. The number of aryl methyl sites for hydroxylation is 1. The van der Waals surface area contributed by atoms with Gasteiger partial charge in [-0.1, -0.05) is 18.2 Å². The zero-order chi connectivity index (χ0) is 9.54. The van der Waals surface area contributed by atoms with Crippen LogP contribution in [0.1, 0.15) is 22.3 Å². The van der Waals surface area contributed by atoms with Crippen LogP contribution in [0.2, 0.25) is 0 Å². The Morgan fingerprint density at radius 2 is 2.07 bits per heavy atom. The van der Waals surface area contributed by atoms with Crippen LogP contribution in [0.4, 0.5) is 0 Å². The maximum Gasteiger partial charge on any atom is 0.165 e. The summed E-state index contributed by atoms with van der Waals surface area (Å²) in [7, 11) is 0. The summed E-state index contributed by atoms with van der Waals surface area (Å²) in [6, 6.07) is 7.98. The normalized spacial score (nSPS) is 14.7. The molecule has 0 aliphatic heterocycles. The molecule has 0 saturated heterocycles. The van der Waals surface area contributed by atoms with Crippen molar-refractivity contribution in [3.05, 3.63) is 41.6 Å². The summed E-state index contributed by atoms with van der Waals surface area (Å²) in [4.78, 5) is 15.9. The highest BCUT2D eigenvalue weighted by Crippen LogP contribution is 2.28. The standard InChI is InChI=1S/C12H9NO/c14-10-6-5-8-3-4-9-2-1-7-13-12(9)11(8)10/h1-4,7H,5-6H2. The number of hydrogen-bond donors (Lipinski definition) is 0. The maximum atomic E-state index is 11.6. The fourth-order valence-corrected chi connectivity index (χ4v) is 2.08. The first kappa shape index (κ1) is 7.68. The van der Waals surface area contributed by atoms with Crippen molar-refractivity contribution in [1.82, 2.24) is 4.98 Å². The topological polar surface area (TPSA) is 30.0 Å². The van der Waals surface area contributed by atoms with E-state index in [0.29, 0.717) is 6.42 Å². The van der Waals surface area contributed by atoms with Crippen LogP contribution in [0, 0.1) is 0 Å². The van der Waals surface area contributed by atoms with Gasteiger partial charge in [0.05, 0.1) is 5.52 Å². The van der Waals surface area contributed by atoms with E-state index in [4.69, 9.17) is 0 Å². The number of pyridine rings is 1. The quantitative estimate of drug-likeness (QED) is 0.627. The molecule has 3 rings (SSSR count). The number of hydrogen-bond acceptors (Lipinski definition) is 2. The lowest BCUT2D eigenvalue weighted by Crippen LogP contribution is -1.94. The van der Waals surface area contributed by atoms with Crippen LogP contribution in [-0.2, 0) is 6.42 Å². The van der Waals surface area contributed by atoms with Gasteiger partial charge in [-0.05, 0) is 18.1 Å². The third-order valence-corrected chi connectivity index (χ3v) is 2.76. The largest absolute Gasteiger partial charge is 0.294 e. The van der Waals surface area contributed by atoms with Crippen LogP contribution in [0.5, 0.6) is 0 Å². The number of ketones is 1. The summed E-state index contributed by atoms with van der Waals surface area (Å²) < 4.78 is 0. The zero-order valence-electron chi connectivity index (χ0n) is 7.66. The Hall–Kier alpha value is -1.70. The summed E-state index contributed by atoms with van der Waals surface area (Å²) in [6.45, 7) is 0. The van der Waals surface area contributed by atoms with Crippen LogP contribution in [0.25, 0.3) is 10.9 Å². The van der Waals surface area contributed by atoms with E-state index in [-0.39, 0.29) is 5.78 Å². The van der Waals surface area contributed by atoms with Crippen LogP contribution >= 0.6 is 0 Å². The van der Waals surface area contributed by atoms with Gasteiger partial charge in [-0.25, -0.2) is 0 Å². The number of carbonyl (C=O) groups excluding carboxylic acids is 1.